The van der Waals surface area contributed by atoms with Crippen LogP contribution < -0.4 is 21.2 Å². The van der Waals surface area contributed by atoms with Crippen molar-refractivity contribution in [3.8, 4) is 0 Å². The standard InChI is InChI=1S/C28H36N3PS/c1-21(29-28(33)30-25-18-10-11-19-26(25)31(2)3)24-17-12-20-27(24)32(22-13-6-4-7-14-22)23-15-8-5-9-16-23/h4-9,12-17,20-21,24-26H,10-11,18-19H2,1-3H3,(H2,29,30,33)/t21-,24+,25-,26-/m1/s1. The summed E-state index contributed by atoms with van der Waals surface area (Å²) < 4.78 is 0. The quantitative estimate of drug-likeness (QED) is 0.438. The van der Waals surface area contributed by atoms with Gasteiger partial charge in [0.2, 0.25) is 0 Å². The average Bonchev–Trinajstić information content (AvgIpc) is 3.30. The van der Waals surface area contributed by atoms with Gasteiger partial charge in [-0.25, -0.2) is 0 Å². The summed E-state index contributed by atoms with van der Waals surface area (Å²) in [6, 6.07) is 23.0. The Kier molecular flexibility index (Phi) is 8.35. The van der Waals surface area contributed by atoms with Crippen molar-refractivity contribution in [2.24, 2.45) is 5.92 Å². The molecule has 2 N–H and O–H groups in total. The molecular formula is C28H36N3PS. The van der Waals surface area contributed by atoms with E-state index in [0.29, 0.717) is 18.0 Å². The van der Waals surface area contributed by atoms with Gasteiger partial charge in [0.25, 0.3) is 0 Å². The molecule has 0 radical (unpaired) electrons. The molecule has 0 heterocycles. The number of nitrogens with one attached hydrogen (secondary N) is 2. The molecule has 2 aromatic rings. The second-order valence-electron chi connectivity index (χ2n) is 9.34. The van der Waals surface area contributed by atoms with Crippen molar-refractivity contribution in [2.45, 2.75) is 50.7 Å². The summed E-state index contributed by atoms with van der Waals surface area (Å²) >= 11 is 5.80. The van der Waals surface area contributed by atoms with E-state index in [1.807, 2.05) is 0 Å². The Morgan fingerprint density at radius 2 is 1.58 bits per heavy atom. The lowest BCUT2D eigenvalue weighted by molar-refractivity contribution is 0.189. The molecule has 174 valence electrons. The summed E-state index contributed by atoms with van der Waals surface area (Å²) in [7, 11) is 3.77. The number of allylic oxidation sites excluding steroid dienone is 2. The number of thiocarbonyl (C=S) groups is 1. The van der Waals surface area contributed by atoms with E-state index in [1.165, 1.54) is 41.6 Å². The lowest BCUT2D eigenvalue weighted by Gasteiger charge is -2.38. The predicted octanol–water partition coefficient (Wildman–Crippen LogP) is 4.91. The molecule has 2 aromatic carbocycles. The van der Waals surface area contributed by atoms with Crippen LogP contribution in [0.4, 0.5) is 0 Å². The molecule has 0 saturated heterocycles. The fraction of sp³-hybridized carbons (Fsp3) is 0.393. The third-order valence-corrected chi connectivity index (χ3v) is 9.65. The van der Waals surface area contributed by atoms with Crippen molar-refractivity contribution in [1.82, 2.24) is 15.5 Å². The second-order valence-corrected chi connectivity index (χ2v) is 12.0. The van der Waals surface area contributed by atoms with Crippen LogP contribution in [0.1, 0.15) is 32.6 Å². The Balaban J connectivity index is 1.48. The van der Waals surface area contributed by atoms with Gasteiger partial charge in [-0.2, -0.15) is 0 Å². The summed E-state index contributed by atoms with van der Waals surface area (Å²) in [5.74, 6) is 0.312. The molecule has 2 aliphatic rings. The molecular weight excluding hydrogens is 441 g/mol. The van der Waals surface area contributed by atoms with Crippen LogP contribution in [-0.4, -0.2) is 42.2 Å². The largest absolute Gasteiger partial charge is 0.359 e. The maximum Gasteiger partial charge on any atom is 0.166 e. The van der Waals surface area contributed by atoms with Gasteiger partial charge in [-0.05, 0) is 69.9 Å². The lowest BCUT2D eigenvalue weighted by Crippen LogP contribution is -2.55. The Hall–Kier alpha value is -2.00. The van der Waals surface area contributed by atoms with Crippen molar-refractivity contribution in [3.63, 3.8) is 0 Å². The van der Waals surface area contributed by atoms with Gasteiger partial charge < -0.3 is 15.5 Å². The second kappa shape index (κ2) is 11.4. The van der Waals surface area contributed by atoms with Crippen LogP contribution in [0, 0.1) is 5.92 Å². The predicted molar refractivity (Wildman–Crippen MR) is 148 cm³/mol. The van der Waals surface area contributed by atoms with Gasteiger partial charge >= 0.3 is 0 Å². The van der Waals surface area contributed by atoms with E-state index in [4.69, 9.17) is 12.2 Å². The number of hydrogen-bond donors (Lipinski definition) is 2. The van der Waals surface area contributed by atoms with Crippen LogP contribution in [-0.2, 0) is 0 Å². The van der Waals surface area contributed by atoms with Crippen molar-refractivity contribution in [2.75, 3.05) is 14.1 Å². The van der Waals surface area contributed by atoms with E-state index in [0.717, 1.165) is 5.11 Å². The van der Waals surface area contributed by atoms with Gasteiger partial charge in [0.15, 0.2) is 5.11 Å². The number of hydrogen-bond acceptors (Lipinski definition) is 2. The highest BCUT2D eigenvalue weighted by Gasteiger charge is 2.31. The van der Waals surface area contributed by atoms with Gasteiger partial charge in [-0.15, -0.1) is 0 Å². The van der Waals surface area contributed by atoms with Crippen molar-refractivity contribution >= 4 is 35.9 Å². The number of likely N-dealkylation sites (N-methyl/N-ethyl adjacent to an activating group) is 1. The topological polar surface area (TPSA) is 27.3 Å². The fourth-order valence-corrected chi connectivity index (χ4v) is 8.15. The summed E-state index contributed by atoms with van der Waals surface area (Å²) in [4.78, 5) is 2.34. The zero-order valence-electron chi connectivity index (χ0n) is 19.9. The Labute approximate surface area is 206 Å². The fourth-order valence-electron chi connectivity index (χ4n) is 5.14. The first-order valence-corrected chi connectivity index (χ1v) is 13.8. The van der Waals surface area contributed by atoms with E-state index in [2.05, 4.69) is 115 Å². The summed E-state index contributed by atoms with van der Waals surface area (Å²) in [5, 5.41) is 12.3. The molecule has 2 aliphatic carbocycles. The van der Waals surface area contributed by atoms with Crippen molar-refractivity contribution in [3.05, 3.63) is 84.2 Å². The normalized spacial score (nSPS) is 23.4. The minimum Gasteiger partial charge on any atom is -0.359 e. The van der Waals surface area contributed by atoms with Crippen molar-refractivity contribution < 1.29 is 0 Å². The Bertz CT molecular complexity index is 934. The van der Waals surface area contributed by atoms with Gasteiger partial charge in [-0.1, -0.05) is 91.7 Å². The molecule has 5 heteroatoms. The van der Waals surface area contributed by atoms with E-state index in [1.54, 1.807) is 0 Å². The maximum atomic E-state index is 5.80. The number of rotatable bonds is 7. The molecule has 0 unspecified atom stereocenters. The molecule has 0 amide bonds. The van der Waals surface area contributed by atoms with E-state index in [9.17, 15) is 0 Å². The first kappa shape index (κ1) is 24.1. The molecule has 0 bridgehead atoms. The molecule has 0 aliphatic heterocycles. The number of benzene rings is 2. The molecule has 1 fully saturated rings. The highest BCUT2D eigenvalue weighted by molar-refractivity contribution is 7.80. The molecule has 33 heavy (non-hydrogen) atoms. The van der Waals surface area contributed by atoms with Crippen LogP contribution in [0.5, 0.6) is 0 Å². The lowest BCUT2D eigenvalue weighted by atomic mass is 9.89. The summed E-state index contributed by atoms with van der Waals surface area (Å²) in [6.45, 7) is 2.26. The Morgan fingerprint density at radius 3 is 2.18 bits per heavy atom. The van der Waals surface area contributed by atoms with Crippen LogP contribution in [0.15, 0.2) is 84.2 Å². The summed E-state index contributed by atoms with van der Waals surface area (Å²) in [5.41, 5.74) is 0. The molecule has 1 saturated carbocycles. The average molecular weight is 478 g/mol. The molecule has 4 atom stereocenters. The zero-order chi connectivity index (χ0) is 23.2. The van der Waals surface area contributed by atoms with Crippen LogP contribution >= 0.6 is 20.1 Å². The van der Waals surface area contributed by atoms with Gasteiger partial charge in [0.05, 0.1) is 0 Å². The van der Waals surface area contributed by atoms with Crippen LogP contribution in [0.2, 0.25) is 0 Å². The molecule has 0 spiro atoms. The van der Waals surface area contributed by atoms with Gasteiger partial charge in [0, 0.05) is 24.0 Å². The smallest absolute Gasteiger partial charge is 0.166 e. The highest BCUT2D eigenvalue weighted by Crippen LogP contribution is 2.49. The zero-order valence-corrected chi connectivity index (χ0v) is 21.7. The molecule has 3 nitrogen and oxygen atoms in total. The summed E-state index contributed by atoms with van der Waals surface area (Å²) in [6.07, 6.45) is 11.9. The SMILES string of the molecule is C[C@@H](NC(=S)N[C@@H]1CCCC[C@H]1N(C)C)[C@@H]1C=CC=C1P(c1ccccc1)c1ccccc1. The third kappa shape index (κ3) is 5.93. The van der Waals surface area contributed by atoms with E-state index >= 15 is 0 Å². The monoisotopic (exact) mass is 477 g/mol. The van der Waals surface area contributed by atoms with Gasteiger partial charge in [0.1, 0.15) is 0 Å². The minimum absolute atomic E-state index is 0.217. The minimum atomic E-state index is -0.593. The van der Waals surface area contributed by atoms with Crippen LogP contribution in [0.25, 0.3) is 0 Å². The molecule has 0 aromatic heterocycles. The van der Waals surface area contributed by atoms with E-state index in [-0.39, 0.29) is 6.04 Å². The third-order valence-electron chi connectivity index (χ3n) is 6.82. The Morgan fingerprint density at radius 1 is 0.970 bits per heavy atom. The van der Waals surface area contributed by atoms with Gasteiger partial charge in [-0.3, -0.25) is 0 Å². The van der Waals surface area contributed by atoms with E-state index < -0.39 is 7.92 Å². The number of nitrogens with zero attached hydrogens (tertiary/aromatic N) is 1. The highest BCUT2D eigenvalue weighted by atomic mass is 32.1. The molecule has 4 rings (SSSR count). The maximum absolute atomic E-state index is 5.80. The first-order valence-electron chi connectivity index (χ1n) is 12.1. The first-order chi connectivity index (χ1) is 16.0. The van der Waals surface area contributed by atoms with Crippen molar-refractivity contribution in [1.29, 1.82) is 0 Å². The van der Waals surface area contributed by atoms with Crippen LogP contribution in [0.3, 0.4) is 0 Å².